The summed E-state index contributed by atoms with van der Waals surface area (Å²) in [5.74, 6) is 1.93. The van der Waals surface area contributed by atoms with Gasteiger partial charge in [-0.2, -0.15) is 0 Å². The minimum absolute atomic E-state index is 0. The summed E-state index contributed by atoms with van der Waals surface area (Å²) < 4.78 is 2.09. The highest BCUT2D eigenvalue weighted by molar-refractivity contribution is 14.0. The molecule has 0 atom stereocenters. The zero-order chi connectivity index (χ0) is 18.3. The van der Waals surface area contributed by atoms with Crippen molar-refractivity contribution in [2.24, 2.45) is 4.99 Å². The van der Waals surface area contributed by atoms with E-state index in [-0.39, 0.29) is 24.0 Å². The minimum Gasteiger partial charge on any atom is -0.357 e. The molecule has 0 fully saturated rings. The Hall–Kier alpha value is -0.900. The largest absolute Gasteiger partial charge is 0.357 e. The van der Waals surface area contributed by atoms with Crippen LogP contribution in [0.2, 0.25) is 0 Å². The van der Waals surface area contributed by atoms with Crippen LogP contribution in [0.1, 0.15) is 51.8 Å². The number of nitrogens with zero attached hydrogens (tertiary/aromatic N) is 5. The number of hydrogen-bond donors (Lipinski definition) is 2. The molecule has 152 valence electrons. The molecule has 8 heteroatoms. The Morgan fingerprint density at radius 3 is 2.54 bits per heavy atom. The molecule has 1 aromatic rings. The van der Waals surface area contributed by atoms with Gasteiger partial charge < -0.3 is 20.1 Å². The predicted molar refractivity (Wildman–Crippen MR) is 120 cm³/mol. The summed E-state index contributed by atoms with van der Waals surface area (Å²) >= 11 is 0. The van der Waals surface area contributed by atoms with Crippen LogP contribution in [-0.2, 0) is 13.0 Å². The smallest absolute Gasteiger partial charge is 0.191 e. The topological polar surface area (TPSA) is 70.4 Å². The molecule has 0 aromatic carbocycles. The minimum atomic E-state index is 0. The van der Waals surface area contributed by atoms with Crippen LogP contribution >= 0.6 is 24.0 Å². The summed E-state index contributed by atoms with van der Waals surface area (Å²) in [6, 6.07) is 0. The van der Waals surface area contributed by atoms with Crippen molar-refractivity contribution in [1.82, 2.24) is 30.3 Å². The summed E-state index contributed by atoms with van der Waals surface area (Å²) in [5, 5.41) is 14.8. The van der Waals surface area contributed by atoms with Crippen molar-refractivity contribution < 1.29 is 0 Å². The SMILES string of the molecule is CCNC(=NCCCCCCCN(C)C)NCCn1cnnc1CC.I. The van der Waals surface area contributed by atoms with Gasteiger partial charge in [-0.05, 0) is 40.4 Å². The van der Waals surface area contributed by atoms with Gasteiger partial charge >= 0.3 is 0 Å². The van der Waals surface area contributed by atoms with E-state index in [9.17, 15) is 0 Å². The van der Waals surface area contributed by atoms with Crippen LogP contribution in [0, 0.1) is 0 Å². The van der Waals surface area contributed by atoms with E-state index >= 15 is 0 Å². The van der Waals surface area contributed by atoms with Gasteiger partial charge in [-0.3, -0.25) is 4.99 Å². The lowest BCUT2D eigenvalue weighted by Crippen LogP contribution is -2.39. The lowest BCUT2D eigenvalue weighted by atomic mass is 10.1. The highest BCUT2D eigenvalue weighted by Crippen LogP contribution is 2.03. The molecular formula is C18H38IN7. The molecule has 7 nitrogen and oxygen atoms in total. The average Bonchev–Trinajstić information content (AvgIpc) is 3.04. The van der Waals surface area contributed by atoms with Gasteiger partial charge in [0.15, 0.2) is 5.96 Å². The maximum atomic E-state index is 4.67. The van der Waals surface area contributed by atoms with Crippen molar-refractivity contribution >= 4 is 29.9 Å². The molecule has 0 bridgehead atoms. The first-order valence-corrected chi connectivity index (χ1v) is 9.71. The first-order chi connectivity index (χ1) is 12.2. The van der Waals surface area contributed by atoms with E-state index in [1.165, 1.54) is 32.2 Å². The Bertz CT molecular complexity index is 474. The molecule has 26 heavy (non-hydrogen) atoms. The summed E-state index contributed by atoms with van der Waals surface area (Å²) in [6.07, 6.45) is 9.04. The second-order valence-corrected chi connectivity index (χ2v) is 6.55. The van der Waals surface area contributed by atoms with E-state index in [4.69, 9.17) is 0 Å². The number of rotatable bonds is 13. The third-order valence-corrected chi connectivity index (χ3v) is 4.03. The van der Waals surface area contributed by atoms with E-state index in [2.05, 4.69) is 63.2 Å². The normalized spacial score (nSPS) is 11.5. The fraction of sp³-hybridized carbons (Fsp3) is 0.833. The van der Waals surface area contributed by atoms with Crippen molar-refractivity contribution in [3.63, 3.8) is 0 Å². The molecule has 0 amide bonds. The molecule has 0 saturated carbocycles. The van der Waals surface area contributed by atoms with Crippen LogP contribution in [0.5, 0.6) is 0 Å². The Morgan fingerprint density at radius 2 is 1.85 bits per heavy atom. The lowest BCUT2D eigenvalue weighted by molar-refractivity contribution is 0.390. The summed E-state index contributed by atoms with van der Waals surface area (Å²) in [6.45, 7) is 8.82. The number of aryl methyl sites for hydroxylation is 1. The molecular weight excluding hydrogens is 441 g/mol. The number of guanidine groups is 1. The van der Waals surface area contributed by atoms with Crippen LogP contribution in [0.15, 0.2) is 11.3 Å². The number of nitrogens with one attached hydrogen (secondary N) is 2. The molecule has 1 rings (SSSR count). The van der Waals surface area contributed by atoms with Gasteiger partial charge in [0.25, 0.3) is 0 Å². The van der Waals surface area contributed by atoms with Gasteiger partial charge in [-0.1, -0.05) is 26.2 Å². The van der Waals surface area contributed by atoms with Gasteiger partial charge in [-0.25, -0.2) is 0 Å². The fourth-order valence-electron chi connectivity index (χ4n) is 2.64. The lowest BCUT2D eigenvalue weighted by Gasteiger charge is -2.12. The Morgan fingerprint density at radius 1 is 1.12 bits per heavy atom. The van der Waals surface area contributed by atoms with E-state index in [0.717, 1.165) is 50.8 Å². The highest BCUT2D eigenvalue weighted by atomic mass is 127. The molecule has 0 spiro atoms. The Kier molecular flexibility index (Phi) is 15.7. The van der Waals surface area contributed by atoms with Crippen LogP contribution in [0.25, 0.3) is 0 Å². The Balaban J connectivity index is 0.00000625. The van der Waals surface area contributed by atoms with Crippen molar-refractivity contribution in [3.8, 4) is 0 Å². The first kappa shape index (κ1) is 25.1. The van der Waals surface area contributed by atoms with Gasteiger partial charge in [0.05, 0.1) is 0 Å². The first-order valence-electron chi connectivity index (χ1n) is 9.71. The van der Waals surface area contributed by atoms with Gasteiger partial charge in [0.1, 0.15) is 12.2 Å². The maximum Gasteiger partial charge on any atom is 0.191 e. The van der Waals surface area contributed by atoms with Crippen LogP contribution in [0.4, 0.5) is 0 Å². The molecule has 0 unspecified atom stereocenters. The quantitative estimate of drug-likeness (QED) is 0.197. The van der Waals surface area contributed by atoms with Gasteiger partial charge in [0, 0.05) is 32.6 Å². The van der Waals surface area contributed by atoms with E-state index in [1.54, 1.807) is 6.33 Å². The zero-order valence-electron chi connectivity index (χ0n) is 17.0. The van der Waals surface area contributed by atoms with Crippen LogP contribution in [0.3, 0.4) is 0 Å². The predicted octanol–water partition coefficient (Wildman–Crippen LogP) is 2.53. The maximum absolute atomic E-state index is 4.67. The Labute approximate surface area is 176 Å². The number of aromatic nitrogens is 3. The molecule has 0 aliphatic carbocycles. The monoisotopic (exact) mass is 479 g/mol. The second-order valence-electron chi connectivity index (χ2n) is 6.55. The van der Waals surface area contributed by atoms with E-state index in [1.807, 2.05) is 0 Å². The van der Waals surface area contributed by atoms with Crippen LogP contribution in [-0.4, -0.2) is 65.9 Å². The average molecular weight is 479 g/mol. The molecule has 0 saturated heterocycles. The van der Waals surface area contributed by atoms with Crippen LogP contribution < -0.4 is 10.6 Å². The molecule has 0 aliphatic heterocycles. The third kappa shape index (κ3) is 11.7. The third-order valence-electron chi connectivity index (χ3n) is 4.03. The van der Waals surface area contributed by atoms with Gasteiger partial charge in [0.2, 0.25) is 0 Å². The highest BCUT2D eigenvalue weighted by Gasteiger charge is 2.02. The molecule has 1 heterocycles. The summed E-state index contributed by atoms with van der Waals surface area (Å²) in [4.78, 5) is 6.92. The summed E-state index contributed by atoms with van der Waals surface area (Å²) in [7, 11) is 4.27. The molecule has 1 aromatic heterocycles. The number of hydrogen-bond acceptors (Lipinski definition) is 4. The van der Waals surface area contributed by atoms with Crippen molar-refractivity contribution in [2.45, 2.75) is 58.9 Å². The molecule has 0 radical (unpaired) electrons. The van der Waals surface area contributed by atoms with Crippen molar-refractivity contribution in [2.75, 3.05) is 40.3 Å². The molecule has 0 aliphatic rings. The molecule has 2 N–H and O–H groups in total. The van der Waals surface area contributed by atoms with Crippen molar-refractivity contribution in [3.05, 3.63) is 12.2 Å². The number of halogens is 1. The summed E-state index contributed by atoms with van der Waals surface area (Å²) in [5.41, 5.74) is 0. The van der Waals surface area contributed by atoms with E-state index < -0.39 is 0 Å². The number of unbranched alkanes of at least 4 members (excludes halogenated alkanes) is 4. The fourth-order valence-corrected chi connectivity index (χ4v) is 2.64. The number of aliphatic imine (C=N–C) groups is 1. The standard InChI is InChI=1S/C18H37N7.HI/c1-5-17-23-22-16-25(17)15-13-21-18(19-6-2)20-12-10-8-7-9-11-14-24(3)4;/h16H,5-15H2,1-4H3,(H2,19,20,21);1H. The van der Waals surface area contributed by atoms with Gasteiger partial charge in [-0.15, -0.1) is 34.2 Å². The second kappa shape index (κ2) is 16.3. The zero-order valence-corrected chi connectivity index (χ0v) is 19.3. The van der Waals surface area contributed by atoms with E-state index in [0.29, 0.717) is 0 Å². The van der Waals surface area contributed by atoms with Crippen molar-refractivity contribution in [1.29, 1.82) is 0 Å².